The SMILES string of the molecule is CCOc1cc(N2CCN(C3CCOCC3)C[C@H]2C)nc(C)n1. The molecule has 3 heterocycles. The van der Waals surface area contributed by atoms with Crippen molar-refractivity contribution in [3.8, 4) is 5.88 Å². The summed E-state index contributed by atoms with van der Waals surface area (Å²) in [4.78, 5) is 14.0. The molecule has 3 rings (SSSR count). The van der Waals surface area contributed by atoms with Crippen LogP contribution in [0, 0.1) is 6.92 Å². The summed E-state index contributed by atoms with van der Waals surface area (Å²) in [6.07, 6.45) is 2.32. The molecular weight excluding hydrogens is 292 g/mol. The second-order valence-electron chi connectivity index (χ2n) is 6.43. The van der Waals surface area contributed by atoms with Gasteiger partial charge in [-0.3, -0.25) is 4.90 Å². The van der Waals surface area contributed by atoms with E-state index in [0.717, 1.165) is 57.3 Å². The smallest absolute Gasteiger partial charge is 0.218 e. The summed E-state index contributed by atoms with van der Waals surface area (Å²) in [6.45, 7) is 11.8. The zero-order valence-corrected chi connectivity index (χ0v) is 14.5. The third-order valence-corrected chi connectivity index (χ3v) is 4.75. The summed E-state index contributed by atoms with van der Waals surface area (Å²) >= 11 is 0. The van der Waals surface area contributed by atoms with Crippen molar-refractivity contribution in [2.24, 2.45) is 0 Å². The Morgan fingerprint density at radius 2 is 2.04 bits per heavy atom. The monoisotopic (exact) mass is 320 g/mol. The summed E-state index contributed by atoms with van der Waals surface area (Å²) in [6, 6.07) is 3.09. The fraction of sp³-hybridized carbons (Fsp3) is 0.765. The molecule has 2 aliphatic rings. The van der Waals surface area contributed by atoms with Crippen molar-refractivity contribution in [2.75, 3.05) is 44.4 Å². The van der Waals surface area contributed by atoms with Crippen LogP contribution in [0.4, 0.5) is 5.82 Å². The van der Waals surface area contributed by atoms with Gasteiger partial charge in [-0.05, 0) is 33.6 Å². The first-order valence-corrected chi connectivity index (χ1v) is 8.74. The lowest BCUT2D eigenvalue weighted by molar-refractivity contribution is 0.0279. The molecule has 2 aliphatic heterocycles. The Morgan fingerprint density at radius 1 is 1.26 bits per heavy atom. The highest BCUT2D eigenvalue weighted by Gasteiger charge is 2.30. The second-order valence-corrected chi connectivity index (χ2v) is 6.43. The highest BCUT2D eigenvalue weighted by atomic mass is 16.5. The lowest BCUT2D eigenvalue weighted by atomic mass is 10.0. The molecule has 0 aliphatic carbocycles. The molecule has 1 aromatic rings. The molecule has 0 unspecified atom stereocenters. The minimum atomic E-state index is 0.440. The van der Waals surface area contributed by atoms with E-state index in [4.69, 9.17) is 9.47 Å². The van der Waals surface area contributed by atoms with E-state index < -0.39 is 0 Å². The Morgan fingerprint density at radius 3 is 2.74 bits per heavy atom. The first kappa shape index (κ1) is 16.5. The molecule has 0 bridgehead atoms. The van der Waals surface area contributed by atoms with Gasteiger partial charge >= 0.3 is 0 Å². The van der Waals surface area contributed by atoms with Crippen LogP contribution in [0.15, 0.2) is 6.07 Å². The Balaban J connectivity index is 1.68. The predicted molar refractivity (Wildman–Crippen MR) is 90.2 cm³/mol. The maximum absolute atomic E-state index is 5.57. The molecule has 0 amide bonds. The van der Waals surface area contributed by atoms with Crippen LogP contribution < -0.4 is 9.64 Å². The van der Waals surface area contributed by atoms with Gasteiger partial charge in [-0.1, -0.05) is 0 Å². The van der Waals surface area contributed by atoms with Gasteiger partial charge in [-0.25, -0.2) is 4.98 Å². The Labute approximate surface area is 138 Å². The van der Waals surface area contributed by atoms with E-state index in [1.165, 1.54) is 0 Å². The third-order valence-electron chi connectivity index (χ3n) is 4.75. The fourth-order valence-electron chi connectivity index (χ4n) is 3.60. The van der Waals surface area contributed by atoms with Crippen LogP contribution in [0.1, 0.15) is 32.5 Å². The summed E-state index contributed by atoms with van der Waals surface area (Å²) in [5.74, 6) is 2.43. The van der Waals surface area contributed by atoms with Gasteiger partial charge < -0.3 is 14.4 Å². The number of ether oxygens (including phenoxy) is 2. The Bertz CT molecular complexity index is 519. The standard InChI is InChI=1S/C17H28N4O2/c1-4-23-17-11-16(18-14(3)19-17)21-8-7-20(12-13(21)2)15-5-9-22-10-6-15/h11,13,15H,4-10,12H2,1-3H3/t13-/m1/s1. The van der Waals surface area contributed by atoms with E-state index in [2.05, 4.69) is 26.7 Å². The first-order valence-electron chi connectivity index (χ1n) is 8.74. The average Bonchev–Trinajstić information content (AvgIpc) is 2.55. The predicted octanol–water partition coefficient (Wildman–Crippen LogP) is 1.87. The zero-order chi connectivity index (χ0) is 16.2. The van der Waals surface area contributed by atoms with Crippen molar-refractivity contribution in [3.63, 3.8) is 0 Å². The van der Waals surface area contributed by atoms with Gasteiger partial charge in [-0.15, -0.1) is 0 Å². The number of rotatable bonds is 4. The lowest BCUT2D eigenvalue weighted by Gasteiger charge is -2.44. The van der Waals surface area contributed by atoms with E-state index in [-0.39, 0.29) is 0 Å². The quantitative estimate of drug-likeness (QED) is 0.844. The number of nitrogens with zero attached hydrogens (tertiary/aromatic N) is 4. The van der Waals surface area contributed by atoms with Gasteiger partial charge in [0.1, 0.15) is 11.6 Å². The Hall–Kier alpha value is -1.40. The summed E-state index contributed by atoms with van der Waals surface area (Å²) in [7, 11) is 0. The van der Waals surface area contributed by atoms with Crippen molar-refractivity contribution in [2.45, 2.75) is 45.7 Å². The van der Waals surface area contributed by atoms with Crippen molar-refractivity contribution in [1.82, 2.24) is 14.9 Å². The molecule has 0 N–H and O–H groups in total. The molecule has 23 heavy (non-hydrogen) atoms. The molecule has 2 fully saturated rings. The van der Waals surface area contributed by atoms with Crippen LogP contribution in [-0.2, 0) is 4.74 Å². The number of piperazine rings is 1. The maximum Gasteiger partial charge on any atom is 0.218 e. The molecule has 6 nitrogen and oxygen atoms in total. The van der Waals surface area contributed by atoms with E-state index in [0.29, 0.717) is 24.6 Å². The zero-order valence-electron chi connectivity index (χ0n) is 14.5. The summed E-state index contributed by atoms with van der Waals surface area (Å²) in [5, 5.41) is 0. The minimum Gasteiger partial charge on any atom is -0.478 e. The molecular formula is C17H28N4O2. The fourth-order valence-corrected chi connectivity index (χ4v) is 3.60. The van der Waals surface area contributed by atoms with Crippen LogP contribution in [0.2, 0.25) is 0 Å². The van der Waals surface area contributed by atoms with Gasteiger partial charge in [0.15, 0.2) is 0 Å². The highest BCUT2D eigenvalue weighted by Crippen LogP contribution is 2.24. The first-order chi connectivity index (χ1) is 11.2. The molecule has 1 atom stereocenters. The van der Waals surface area contributed by atoms with Crippen molar-refractivity contribution < 1.29 is 9.47 Å². The Kier molecular flexibility index (Phi) is 5.33. The minimum absolute atomic E-state index is 0.440. The number of hydrogen-bond acceptors (Lipinski definition) is 6. The van der Waals surface area contributed by atoms with Gasteiger partial charge in [0, 0.05) is 51.0 Å². The van der Waals surface area contributed by atoms with Gasteiger partial charge in [0.2, 0.25) is 5.88 Å². The summed E-state index contributed by atoms with van der Waals surface area (Å²) < 4.78 is 11.1. The van der Waals surface area contributed by atoms with Crippen molar-refractivity contribution >= 4 is 5.82 Å². The molecule has 0 spiro atoms. The van der Waals surface area contributed by atoms with Crippen LogP contribution in [0.5, 0.6) is 5.88 Å². The number of hydrogen-bond donors (Lipinski definition) is 0. The molecule has 0 radical (unpaired) electrons. The van der Waals surface area contributed by atoms with Gasteiger partial charge in [0.05, 0.1) is 6.61 Å². The van der Waals surface area contributed by atoms with Crippen LogP contribution in [0.25, 0.3) is 0 Å². The third kappa shape index (κ3) is 3.93. The maximum atomic E-state index is 5.57. The molecule has 6 heteroatoms. The van der Waals surface area contributed by atoms with E-state index in [1.54, 1.807) is 0 Å². The normalized spacial score (nSPS) is 24.0. The summed E-state index contributed by atoms with van der Waals surface area (Å²) in [5.41, 5.74) is 0. The largest absolute Gasteiger partial charge is 0.478 e. The van der Waals surface area contributed by atoms with Gasteiger partial charge in [-0.2, -0.15) is 4.98 Å². The second kappa shape index (κ2) is 7.45. The number of aryl methyl sites for hydroxylation is 1. The van der Waals surface area contributed by atoms with E-state index in [9.17, 15) is 0 Å². The number of anilines is 1. The molecule has 1 aromatic heterocycles. The average molecular weight is 320 g/mol. The van der Waals surface area contributed by atoms with Gasteiger partial charge in [0.25, 0.3) is 0 Å². The molecule has 128 valence electrons. The molecule has 0 aromatic carbocycles. The number of aromatic nitrogens is 2. The van der Waals surface area contributed by atoms with Crippen LogP contribution >= 0.6 is 0 Å². The van der Waals surface area contributed by atoms with Crippen LogP contribution in [-0.4, -0.2) is 66.4 Å². The molecule has 0 saturated carbocycles. The van der Waals surface area contributed by atoms with E-state index >= 15 is 0 Å². The van der Waals surface area contributed by atoms with Crippen molar-refractivity contribution in [3.05, 3.63) is 11.9 Å². The van der Waals surface area contributed by atoms with Crippen LogP contribution in [0.3, 0.4) is 0 Å². The van der Waals surface area contributed by atoms with Crippen molar-refractivity contribution in [1.29, 1.82) is 0 Å². The lowest BCUT2D eigenvalue weighted by Crippen LogP contribution is -2.56. The molecule has 2 saturated heterocycles. The topological polar surface area (TPSA) is 50.7 Å². The van der Waals surface area contributed by atoms with E-state index in [1.807, 2.05) is 19.9 Å². The highest BCUT2D eigenvalue weighted by molar-refractivity contribution is 5.43.